The van der Waals surface area contributed by atoms with E-state index in [1.807, 2.05) is 11.9 Å². The lowest BCUT2D eigenvalue weighted by atomic mass is 10.0. The number of carbonyl (C=O) groups excluding carboxylic acids is 1. The molecular weight excluding hydrogens is 260 g/mol. The van der Waals surface area contributed by atoms with Crippen molar-refractivity contribution in [2.75, 3.05) is 26.7 Å². The van der Waals surface area contributed by atoms with Gasteiger partial charge in [-0.25, -0.2) is 0 Å². The number of unbranched alkanes of at least 4 members (excludes halogenated alkanes) is 1. The van der Waals surface area contributed by atoms with Crippen molar-refractivity contribution < 1.29 is 4.79 Å². The van der Waals surface area contributed by atoms with Crippen molar-refractivity contribution in [3.05, 3.63) is 35.9 Å². The fourth-order valence-electron chi connectivity index (χ4n) is 2.93. The van der Waals surface area contributed by atoms with E-state index in [1.165, 1.54) is 12.0 Å². The van der Waals surface area contributed by atoms with E-state index in [2.05, 4.69) is 35.6 Å². The zero-order valence-corrected chi connectivity index (χ0v) is 13.2. The Morgan fingerprint density at radius 3 is 2.81 bits per heavy atom. The zero-order valence-electron chi connectivity index (χ0n) is 13.2. The van der Waals surface area contributed by atoms with Gasteiger partial charge in [-0.3, -0.25) is 4.79 Å². The predicted octanol–water partition coefficient (Wildman–Crippen LogP) is 2.86. The molecule has 0 bridgehead atoms. The average molecular weight is 288 g/mol. The summed E-state index contributed by atoms with van der Waals surface area (Å²) in [5, 5.41) is 3.36. The number of carbonyl (C=O) groups is 1. The molecule has 3 heteroatoms. The third kappa shape index (κ3) is 5.88. The first-order valence-corrected chi connectivity index (χ1v) is 8.24. The normalized spacial score (nSPS) is 17.9. The Labute approximate surface area is 128 Å². The van der Waals surface area contributed by atoms with Crippen LogP contribution in [0.5, 0.6) is 0 Å². The average Bonchev–Trinajstić information content (AvgIpc) is 3.03. The van der Waals surface area contributed by atoms with Gasteiger partial charge in [-0.1, -0.05) is 30.3 Å². The molecule has 1 N–H and O–H groups in total. The van der Waals surface area contributed by atoms with Gasteiger partial charge in [-0.2, -0.15) is 0 Å². The number of hydrogen-bond acceptors (Lipinski definition) is 2. The SMILES string of the molecule is CN(CCCCc1ccccc1)C(=O)CCC1CCNC1. The van der Waals surface area contributed by atoms with Crippen LogP contribution < -0.4 is 5.32 Å². The lowest BCUT2D eigenvalue weighted by Gasteiger charge is -2.18. The Hall–Kier alpha value is -1.35. The van der Waals surface area contributed by atoms with E-state index in [0.29, 0.717) is 18.2 Å². The first-order chi connectivity index (χ1) is 10.3. The third-order valence-electron chi connectivity index (χ3n) is 4.41. The van der Waals surface area contributed by atoms with Gasteiger partial charge < -0.3 is 10.2 Å². The van der Waals surface area contributed by atoms with Gasteiger partial charge in [0.15, 0.2) is 0 Å². The summed E-state index contributed by atoms with van der Waals surface area (Å²) in [7, 11) is 1.94. The maximum Gasteiger partial charge on any atom is 0.222 e. The Balaban J connectivity index is 1.55. The van der Waals surface area contributed by atoms with Gasteiger partial charge in [0.25, 0.3) is 0 Å². The molecule has 0 spiro atoms. The van der Waals surface area contributed by atoms with E-state index in [9.17, 15) is 4.79 Å². The second kappa shape index (κ2) is 8.83. The highest BCUT2D eigenvalue weighted by Gasteiger charge is 2.17. The molecule has 1 aromatic carbocycles. The summed E-state index contributed by atoms with van der Waals surface area (Å²) in [5.74, 6) is 1.02. The van der Waals surface area contributed by atoms with Gasteiger partial charge in [-0.15, -0.1) is 0 Å². The quantitative estimate of drug-likeness (QED) is 0.746. The number of aryl methyl sites for hydroxylation is 1. The van der Waals surface area contributed by atoms with Gasteiger partial charge in [-0.05, 0) is 56.7 Å². The Morgan fingerprint density at radius 2 is 2.10 bits per heavy atom. The molecule has 1 aliphatic heterocycles. The highest BCUT2D eigenvalue weighted by molar-refractivity contribution is 5.75. The van der Waals surface area contributed by atoms with Crippen LogP contribution >= 0.6 is 0 Å². The van der Waals surface area contributed by atoms with E-state index in [-0.39, 0.29) is 0 Å². The van der Waals surface area contributed by atoms with Crippen molar-refractivity contribution in [3.63, 3.8) is 0 Å². The minimum atomic E-state index is 0.307. The molecule has 1 saturated heterocycles. The molecule has 21 heavy (non-hydrogen) atoms. The molecule has 1 fully saturated rings. The van der Waals surface area contributed by atoms with Crippen molar-refractivity contribution in [2.45, 2.75) is 38.5 Å². The van der Waals surface area contributed by atoms with Crippen LogP contribution in [0.25, 0.3) is 0 Å². The maximum absolute atomic E-state index is 12.1. The van der Waals surface area contributed by atoms with E-state index in [0.717, 1.165) is 45.3 Å². The highest BCUT2D eigenvalue weighted by atomic mass is 16.2. The van der Waals surface area contributed by atoms with Gasteiger partial charge in [0.05, 0.1) is 0 Å². The van der Waals surface area contributed by atoms with E-state index < -0.39 is 0 Å². The third-order valence-corrected chi connectivity index (χ3v) is 4.41. The number of nitrogens with one attached hydrogen (secondary N) is 1. The Bertz CT molecular complexity index is 412. The molecular formula is C18H28N2O. The molecule has 1 amide bonds. The van der Waals surface area contributed by atoms with Gasteiger partial charge >= 0.3 is 0 Å². The molecule has 1 heterocycles. The van der Waals surface area contributed by atoms with Crippen LogP contribution in [0.3, 0.4) is 0 Å². The van der Waals surface area contributed by atoms with Crippen LogP contribution in [0.4, 0.5) is 0 Å². The minimum absolute atomic E-state index is 0.307. The molecule has 1 atom stereocenters. The summed E-state index contributed by atoms with van der Waals surface area (Å²) in [4.78, 5) is 14.0. The predicted molar refractivity (Wildman–Crippen MR) is 87.2 cm³/mol. The largest absolute Gasteiger partial charge is 0.346 e. The molecule has 0 radical (unpaired) electrons. The number of hydrogen-bond donors (Lipinski definition) is 1. The summed E-state index contributed by atoms with van der Waals surface area (Å²) in [6.07, 6.45) is 6.32. The smallest absolute Gasteiger partial charge is 0.222 e. The summed E-state index contributed by atoms with van der Waals surface area (Å²) in [6, 6.07) is 10.6. The van der Waals surface area contributed by atoms with Gasteiger partial charge in [0, 0.05) is 20.0 Å². The fraction of sp³-hybridized carbons (Fsp3) is 0.611. The van der Waals surface area contributed by atoms with Crippen LogP contribution in [-0.2, 0) is 11.2 Å². The lowest BCUT2D eigenvalue weighted by Crippen LogP contribution is -2.28. The molecule has 1 aliphatic rings. The minimum Gasteiger partial charge on any atom is -0.346 e. The molecule has 116 valence electrons. The summed E-state index contributed by atoms with van der Waals surface area (Å²) in [6.45, 7) is 3.09. The summed E-state index contributed by atoms with van der Waals surface area (Å²) >= 11 is 0. The topological polar surface area (TPSA) is 32.3 Å². The monoisotopic (exact) mass is 288 g/mol. The maximum atomic E-state index is 12.1. The van der Waals surface area contributed by atoms with Crippen LogP contribution in [0.1, 0.15) is 37.7 Å². The number of nitrogens with zero attached hydrogens (tertiary/aromatic N) is 1. The van der Waals surface area contributed by atoms with E-state index >= 15 is 0 Å². The lowest BCUT2D eigenvalue weighted by molar-refractivity contribution is -0.130. The van der Waals surface area contributed by atoms with Crippen LogP contribution in [-0.4, -0.2) is 37.5 Å². The van der Waals surface area contributed by atoms with Crippen molar-refractivity contribution in [2.24, 2.45) is 5.92 Å². The van der Waals surface area contributed by atoms with Crippen molar-refractivity contribution in [1.29, 1.82) is 0 Å². The van der Waals surface area contributed by atoms with Crippen molar-refractivity contribution in [1.82, 2.24) is 10.2 Å². The highest BCUT2D eigenvalue weighted by Crippen LogP contribution is 2.15. The van der Waals surface area contributed by atoms with E-state index in [4.69, 9.17) is 0 Å². The molecule has 2 rings (SSSR count). The number of rotatable bonds is 8. The van der Waals surface area contributed by atoms with E-state index in [1.54, 1.807) is 0 Å². The molecule has 1 unspecified atom stereocenters. The fourth-order valence-corrected chi connectivity index (χ4v) is 2.93. The van der Waals surface area contributed by atoms with Crippen molar-refractivity contribution in [3.8, 4) is 0 Å². The second-order valence-electron chi connectivity index (χ2n) is 6.16. The molecule has 0 aromatic heterocycles. The van der Waals surface area contributed by atoms with Gasteiger partial charge in [0.2, 0.25) is 5.91 Å². The first kappa shape index (κ1) is 16.0. The summed E-state index contributed by atoms with van der Waals surface area (Å²) in [5.41, 5.74) is 1.39. The number of amides is 1. The van der Waals surface area contributed by atoms with Crippen molar-refractivity contribution >= 4 is 5.91 Å². The standard InChI is InChI=1S/C18H28N2O/c1-20(18(21)11-10-17-12-13-19-15-17)14-6-5-9-16-7-3-2-4-8-16/h2-4,7-8,17,19H,5-6,9-15H2,1H3. The molecule has 0 aliphatic carbocycles. The Kier molecular flexibility index (Phi) is 6.74. The second-order valence-corrected chi connectivity index (χ2v) is 6.16. The number of benzene rings is 1. The van der Waals surface area contributed by atoms with Crippen LogP contribution in [0.15, 0.2) is 30.3 Å². The molecule has 0 saturated carbocycles. The van der Waals surface area contributed by atoms with Crippen LogP contribution in [0, 0.1) is 5.92 Å². The van der Waals surface area contributed by atoms with Crippen LogP contribution in [0.2, 0.25) is 0 Å². The molecule has 3 nitrogen and oxygen atoms in total. The van der Waals surface area contributed by atoms with Gasteiger partial charge in [0.1, 0.15) is 0 Å². The zero-order chi connectivity index (χ0) is 14.9. The first-order valence-electron chi connectivity index (χ1n) is 8.24. The Morgan fingerprint density at radius 1 is 1.29 bits per heavy atom. The molecule has 1 aromatic rings. The summed E-state index contributed by atoms with van der Waals surface area (Å²) < 4.78 is 0.